The van der Waals surface area contributed by atoms with Gasteiger partial charge in [0.05, 0.1) is 0 Å². The number of oxime groups is 1. The highest BCUT2D eigenvalue weighted by atomic mass is 35.5. The van der Waals surface area contributed by atoms with E-state index in [2.05, 4.69) is 5.16 Å². The van der Waals surface area contributed by atoms with Gasteiger partial charge in [-0.3, -0.25) is 0 Å². The molecular formula is C5H3Cl2NOS. The van der Waals surface area contributed by atoms with Gasteiger partial charge in [0, 0.05) is 5.56 Å². The van der Waals surface area contributed by atoms with E-state index in [1.165, 1.54) is 11.3 Å². The van der Waals surface area contributed by atoms with Crippen LogP contribution in [0, 0.1) is 0 Å². The van der Waals surface area contributed by atoms with E-state index in [-0.39, 0.29) is 5.17 Å². The summed E-state index contributed by atoms with van der Waals surface area (Å²) in [5.74, 6) is 0. The molecule has 0 aliphatic carbocycles. The Hall–Kier alpha value is -0.250. The van der Waals surface area contributed by atoms with E-state index in [9.17, 15) is 0 Å². The van der Waals surface area contributed by atoms with Gasteiger partial charge in [0.2, 0.25) is 0 Å². The Morgan fingerprint density at radius 1 is 1.70 bits per heavy atom. The van der Waals surface area contributed by atoms with E-state index >= 15 is 0 Å². The van der Waals surface area contributed by atoms with E-state index < -0.39 is 0 Å². The lowest BCUT2D eigenvalue weighted by atomic mass is 10.4. The van der Waals surface area contributed by atoms with Gasteiger partial charge in [0.15, 0.2) is 5.17 Å². The smallest absolute Gasteiger partial charge is 0.177 e. The normalized spacial score (nSPS) is 12.0. The second kappa shape index (κ2) is 3.23. The van der Waals surface area contributed by atoms with Crippen LogP contribution in [0.1, 0.15) is 5.56 Å². The molecule has 0 unspecified atom stereocenters. The molecular weight excluding hydrogens is 193 g/mol. The van der Waals surface area contributed by atoms with Crippen molar-refractivity contribution in [3.63, 3.8) is 0 Å². The van der Waals surface area contributed by atoms with Crippen molar-refractivity contribution in [3.8, 4) is 0 Å². The molecule has 0 aromatic carbocycles. The molecule has 10 heavy (non-hydrogen) atoms. The maximum Gasteiger partial charge on any atom is 0.177 e. The Morgan fingerprint density at radius 2 is 2.40 bits per heavy atom. The lowest BCUT2D eigenvalue weighted by Crippen LogP contribution is -1.86. The van der Waals surface area contributed by atoms with Gasteiger partial charge in [0.1, 0.15) is 4.34 Å². The van der Waals surface area contributed by atoms with Crippen LogP contribution in [-0.4, -0.2) is 10.4 Å². The molecule has 0 spiro atoms. The molecule has 0 radical (unpaired) electrons. The number of hydrogen-bond donors (Lipinski definition) is 1. The molecule has 1 aromatic rings. The largest absolute Gasteiger partial charge is 0.410 e. The van der Waals surface area contributed by atoms with Crippen LogP contribution in [0.25, 0.3) is 0 Å². The first kappa shape index (κ1) is 7.85. The van der Waals surface area contributed by atoms with Crippen molar-refractivity contribution >= 4 is 39.7 Å². The maximum atomic E-state index is 8.23. The van der Waals surface area contributed by atoms with Crippen molar-refractivity contribution in [2.24, 2.45) is 5.16 Å². The summed E-state index contributed by atoms with van der Waals surface area (Å²) < 4.78 is 0.530. The molecule has 0 bridgehead atoms. The highest BCUT2D eigenvalue weighted by molar-refractivity contribution is 7.15. The summed E-state index contributed by atoms with van der Waals surface area (Å²) in [6.07, 6.45) is 0. The van der Waals surface area contributed by atoms with Gasteiger partial charge in [-0.05, 0) is 11.4 Å². The number of thiophene rings is 1. The Bertz CT molecular complexity index is 258. The highest BCUT2D eigenvalue weighted by Gasteiger charge is 2.05. The molecule has 1 heterocycles. The Morgan fingerprint density at radius 3 is 2.80 bits per heavy atom. The van der Waals surface area contributed by atoms with Gasteiger partial charge < -0.3 is 5.21 Å². The molecule has 1 aromatic heterocycles. The molecule has 1 N–H and O–H groups in total. The fourth-order valence-electron chi connectivity index (χ4n) is 0.495. The fraction of sp³-hybridized carbons (Fsp3) is 0. The average molecular weight is 196 g/mol. The minimum atomic E-state index is 0.0197. The SMILES string of the molecule is O/N=C(/Cl)c1ccsc1Cl. The third-order valence-electron chi connectivity index (χ3n) is 0.928. The van der Waals surface area contributed by atoms with Crippen LogP contribution in [0.15, 0.2) is 16.6 Å². The van der Waals surface area contributed by atoms with Crippen molar-refractivity contribution in [1.29, 1.82) is 0 Å². The van der Waals surface area contributed by atoms with Crippen LogP contribution in [0.5, 0.6) is 0 Å². The van der Waals surface area contributed by atoms with Crippen LogP contribution >= 0.6 is 34.5 Å². The molecule has 0 amide bonds. The maximum absolute atomic E-state index is 8.23. The van der Waals surface area contributed by atoms with Gasteiger partial charge >= 0.3 is 0 Å². The third-order valence-corrected chi connectivity index (χ3v) is 2.38. The highest BCUT2D eigenvalue weighted by Crippen LogP contribution is 2.24. The van der Waals surface area contributed by atoms with Crippen molar-refractivity contribution in [2.45, 2.75) is 0 Å². The summed E-state index contributed by atoms with van der Waals surface area (Å²) >= 11 is 12.5. The minimum Gasteiger partial charge on any atom is -0.410 e. The molecule has 2 nitrogen and oxygen atoms in total. The van der Waals surface area contributed by atoms with Crippen LogP contribution in [0.3, 0.4) is 0 Å². The van der Waals surface area contributed by atoms with Crippen molar-refractivity contribution in [1.82, 2.24) is 0 Å². The van der Waals surface area contributed by atoms with E-state index in [1.807, 2.05) is 0 Å². The van der Waals surface area contributed by atoms with Crippen molar-refractivity contribution < 1.29 is 5.21 Å². The van der Waals surface area contributed by atoms with E-state index in [0.717, 1.165) is 0 Å². The molecule has 0 aliphatic rings. The molecule has 1 rings (SSSR count). The summed E-state index contributed by atoms with van der Waals surface area (Å²) in [7, 11) is 0. The fourth-order valence-corrected chi connectivity index (χ4v) is 1.68. The molecule has 0 saturated heterocycles. The number of rotatable bonds is 1. The lowest BCUT2D eigenvalue weighted by Gasteiger charge is -1.88. The zero-order valence-electron chi connectivity index (χ0n) is 4.71. The zero-order chi connectivity index (χ0) is 7.56. The van der Waals surface area contributed by atoms with Gasteiger partial charge in [-0.15, -0.1) is 11.3 Å². The summed E-state index contributed by atoms with van der Waals surface area (Å²) in [6, 6.07) is 1.69. The lowest BCUT2D eigenvalue weighted by molar-refractivity contribution is 0.321. The Labute approximate surface area is 71.7 Å². The van der Waals surface area contributed by atoms with Crippen LogP contribution in [0.2, 0.25) is 4.34 Å². The second-order valence-electron chi connectivity index (χ2n) is 1.50. The van der Waals surface area contributed by atoms with E-state index in [1.54, 1.807) is 11.4 Å². The monoisotopic (exact) mass is 195 g/mol. The van der Waals surface area contributed by atoms with Crippen LogP contribution in [-0.2, 0) is 0 Å². The van der Waals surface area contributed by atoms with Gasteiger partial charge in [-0.2, -0.15) is 0 Å². The van der Waals surface area contributed by atoms with Crippen molar-refractivity contribution in [3.05, 3.63) is 21.3 Å². The van der Waals surface area contributed by atoms with Gasteiger partial charge in [0.25, 0.3) is 0 Å². The molecule has 0 fully saturated rings. The van der Waals surface area contributed by atoms with E-state index in [0.29, 0.717) is 9.90 Å². The topological polar surface area (TPSA) is 32.6 Å². The zero-order valence-corrected chi connectivity index (χ0v) is 7.04. The first-order chi connectivity index (χ1) is 4.75. The summed E-state index contributed by atoms with van der Waals surface area (Å²) in [4.78, 5) is 0. The summed E-state index contributed by atoms with van der Waals surface area (Å²) in [6.45, 7) is 0. The van der Waals surface area contributed by atoms with Crippen molar-refractivity contribution in [2.75, 3.05) is 0 Å². The summed E-state index contributed by atoms with van der Waals surface area (Å²) in [5.41, 5.74) is 0.566. The first-order valence-corrected chi connectivity index (χ1v) is 4.00. The predicted octanol–water partition coefficient (Wildman–Crippen LogP) is 2.78. The number of nitrogens with zero attached hydrogens (tertiary/aromatic N) is 1. The van der Waals surface area contributed by atoms with E-state index in [4.69, 9.17) is 28.4 Å². The molecule has 0 saturated carbocycles. The number of halogens is 2. The summed E-state index contributed by atoms with van der Waals surface area (Å²) in [5, 5.41) is 12.8. The van der Waals surface area contributed by atoms with Gasteiger partial charge in [-0.25, -0.2) is 0 Å². The Kier molecular flexibility index (Phi) is 2.54. The minimum absolute atomic E-state index is 0.0197. The average Bonchev–Trinajstić information content (AvgIpc) is 2.34. The van der Waals surface area contributed by atoms with Gasteiger partial charge in [-0.1, -0.05) is 28.4 Å². The number of hydrogen-bond acceptors (Lipinski definition) is 3. The second-order valence-corrected chi connectivity index (χ2v) is 3.37. The standard InChI is InChI=1S/C5H3Cl2NOS/c6-4(8-9)3-1-2-10-5(3)7/h1-2,9H/b8-4+. The van der Waals surface area contributed by atoms with Crippen LogP contribution in [0.4, 0.5) is 0 Å². The molecule has 0 atom stereocenters. The predicted molar refractivity (Wildman–Crippen MR) is 43.5 cm³/mol. The quantitative estimate of drug-likeness (QED) is 0.418. The molecule has 54 valence electrons. The first-order valence-electron chi connectivity index (χ1n) is 2.36. The molecule has 5 heteroatoms. The Balaban J connectivity index is 3.05. The molecule has 0 aliphatic heterocycles. The third kappa shape index (κ3) is 1.42. The van der Waals surface area contributed by atoms with Crippen LogP contribution < -0.4 is 0 Å².